The van der Waals surface area contributed by atoms with E-state index in [0.29, 0.717) is 9.77 Å². The molecule has 0 saturated heterocycles. The minimum absolute atomic E-state index is 0.225. The van der Waals surface area contributed by atoms with Crippen LogP contribution in [0.1, 0.15) is 21.6 Å². The summed E-state index contributed by atoms with van der Waals surface area (Å²) in [7, 11) is -3.55. The highest BCUT2D eigenvalue weighted by Crippen LogP contribution is 2.26. The van der Waals surface area contributed by atoms with Crippen molar-refractivity contribution in [1.29, 1.82) is 0 Å². The van der Waals surface area contributed by atoms with Gasteiger partial charge in [0.25, 0.3) is 0 Å². The highest BCUT2D eigenvalue weighted by Gasteiger charge is 2.22. The molecule has 7 heteroatoms. The zero-order valence-electron chi connectivity index (χ0n) is 11.4. The Kier molecular flexibility index (Phi) is 4.54. The van der Waals surface area contributed by atoms with Gasteiger partial charge in [-0.05, 0) is 42.0 Å². The summed E-state index contributed by atoms with van der Waals surface area (Å²) in [4.78, 5) is 4.99. The van der Waals surface area contributed by atoms with Crippen LogP contribution in [0.2, 0.25) is 0 Å². The maximum absolute atomic E-state index is 12.4. The van der Waals surface area contributed by atoms with Gasteiger partial charge in [0.2, 0.25) is 10.0 Å². The van der Waals surface area contributed by atoms with Crippen LogP contribution in [0.25, 0.3) is 0 Å². The molecule has 0 bridgehead atoms. The van der Waals surface area contributed by atoms with Crippen LogP contribution < -0.4 is 10.5 Å². The van der Waals surface area contributed by atoms with E-state index in [4.69, 9.17) is 5.73 Å². The lowest BCUT2D eigenvalue weighted by atomic mass is 10.2. The van der Waals surface area contributed by atoms with Gasteiger partial charge in [-0.15, -0.1) is 11.3 Å². The predicted octanol–water partition coefficient (Wildman–Crippen LogP) is 1.70. The Hall–Kier alpha value is -1.28. The van der Waals surface area contributed by atoms with Crippen LogP contribution in [0.3, 0.4) is 0 Å². The largest absolute Gasteiger partial charge is 0.326 e. The number of nitrogens with one attached hydrogen (secondary N) is 1. The van der Waals surface area contributed by atoms with Crippen LogP contribution in [0.5, 0.6) is 0 Å². The quantitative estimate of drug-likeness (QED) is 0.880. The lowest BCUT2D eigenvalue weighted by Gasteiger charge is -2.10. The van der Waals surface area contributed by atoms with E-state index < -0.39 is 10.0 Å². The Balaban J connectivity index is 2.24. The fourth-order valence-corrected chi connectivity index (χ4v) is 4.64. The maximum atomic E-state index is 12.4. The topological polar surface area (TPSA) is 85.1 Å². The van der Waals surface area contributed by atoms with E-state index in [9.17, 15) is 8.42 Å². The lowest BCUT2D eigenvalue weighted by Crippen LogP contribution is -2.25. The summed E-state index contributed by atoms with van der Waals surface area (Å²) in [5.41, 5.74) is 8.20. The Labute approximate surface area is 122 Å². The van der Waals surface area contributed by atoms with Gasteiger partial charge in [-0.25, -0.2) is 13.1 Å². The molecule has 0 saturated carbocycles. The van der Waals surface area contributed by atoms with Crippen LogP contribution in [-0.4, -0.2) is 13.4 Å². The molecule has 0 aliphatic carbocycles. The summed E-state index contributed by atoms with van der Waals surface area (Å²) in [6.07, 6.45) is 3.36. The van der Waals surface area contributed by atoms with Crippen molar-refractivity contribution >= 4 is 21.4 Å². The smallest absolute Gasteiger partial charge is 0.242 e. The summed E-state index contributed by atoms with van der Waals surface area (Å²) in [6, 6.07) is 1.81. The third-order valence-corrected chi connectivity index (χ3v) is 5.92. The molecule has 2 aromatic rings. The van der Waals surface area contributed by atoms with Crippen LogP contribution in [0.4, 0.5) is 0 Å². The number of nitrogens with two attached hydrogens (primary N) is 1. The standard InChI is InChI=1S/C13H17N3O2S2/c1-9-6-15-4-3-11(9)7-16-20(17,18)13-10(2)8-19-12(13)5-14/h3-4,6,8,16H,5,7,14H2,1-2H3. The van der Waals surface area contributed by atoms with Crippen molar-refractivity contribution in [2.75, 3.05) is 0 Å². The molecule has 2 rings (SSSR count). The molecule has 0 atom stereocenters. The van der Waals surface area contributed by atoms with Gasteiger partial charge >= 0.3 is 0 Å². The molecule has 108 valence electrons. The molecular weight excluding hydrogens is 294 g/mol. The summed E-state index contributed by atoms with van der Waals surface area (Å²) < 4.78 is 27.4. The van der Waals surface area contributed by atoms with Crippen LogP contribution in [0.15, 0.2) is 28.7 Å². The van der Waals surface area contributed by atoms with Crippen molar-refractivity contribution < 1.29 is 8.42 Å². The number of hydrogen-bond donors (Lipinski definition) is 2. The summed E-state index contributed by atoms with van der Waals surface area (Å²) in [5, 5.41) is 1.81. The Bertz CT molecular complexity index is 708. The van der Waals surface area contributed by atoms with Crippen molar-refractivity contribution in [2.45, 2.75) is 31.8 Å². The summed E-state index contributed by atoms with van der Waals surface area (Å²) in [5.74, 6) is 0. The van der Waals surface area contributed by atoms with Gasteiger partial charge in [-0.3, -0.25) is 4.98 Å². The van der Waals surface area contributed by atoms with E-state index in [1.54, 1.807) is 19.3 Å². The van der Waals surface area contributed by atoms with Gasteiger partial charge in [0.05, 0.1) is 0 Å². The molecule has 0 spiro atoms. The summed E-state index contributed by atoms with van der Waals surface area (Å²) in [6.45, 7) is 4.15. The average Bonchev–Trinajstić information content (AvgIpc) is 2.80. The number of thiophene rings is 1. The molecule has 20 heavy (non-hydrogen) atoms. The number of pyridine rings is 1. The molecule has 0 fully saturated rings. The van der Waals surface area contributed by atoms with E-state index in [1.807, 2.05) is 18.4 Å². The molecule has 2 aromatic heterocycles. The normalized spacial score (nSPS) is 11.8. The van der Waals surface area contributed by atoms with E-state index in [2.05, 4.69) is 9.71 Å². The second-order valence-electron chi connectivity index (χ2n) is 4.50. The number of nitrogens with zero attached hydrogens (tertiary/aromatic N) is 1. The third kappa shape index (κ3) is 3.06. The zero-order chi connectivity index (χ0) is 14.8. The van der Waals surface area contributed by atoms with Gasteiger partial charge in [0, 0.05) is 30.4 Å². The Morgan fingerprint density at radius 3 is 2.75 bits per heavy atom. The van der Waals surface area contributed by atoms with Crippen LogP contribution in [-0.2, 0) is 23.1 Å². The second kappa shape index (κ2) is 6.01. The first-order chi connectivity index (χ1) is 9.45. The van der Waals surface area contributed by atoms with Crippen LogP contribution >= 0.6 is 11.3 Å². The van der Waals surface area contributed by atoms with E-state index >= 15 is 0 Å². The van der Waals surface area contributed by atoms with Gasteiger partial charge < -0.3 is 5.73 Å². The molecule has 0 radical (unpaired) electrons. The fourth-order valence-electron chi connectivity index (χ4n) is 1.93. The molecule has 0 unspecified atom stereocenters. The number of hydrogen-bond acceptors (Lipinski definition) is 5. The number of rotatable bonds is 5. The number of sulfonamides is 1. The molecule has 0 aliphatic rings. The summed E-state index contributed by atoms with van der Waals surface area (Å²) >= 11 is 1.37. The molecule has 3 N–H and O–H groups in total. The fraction of sp³-hybridized carbons (Fsp3) is 0.308. The van der Waals surface area contributed by atoms with Crippen LogP contribution in [0, 0.1) is 13.8 Å². The van der Waals surface area contributed by atoms with Crippen molar-refractivity contribution in [3.8, 4) is 0 Å². The predicted molar refractivity (Wildman–Crippen MR) is 79.9 cm³/mol. The molecule has 2 heterocycles. The molecule has 0 aromatic carbocycles. The van der Waals surface area contributed by atoms with Gasteiger partial charge in [-0.1, -0.05) is 0 Å². The van der Waals surface area contributed by atoms with E-state index in [-0.39, 0.29) is 13.1 Å². The second-order valence-corrected chi connectivity index (χ2v) is 7.17. The highest BCUT2D eigenvalue weighted by molar-refractivity contribution is 7.89. The average molecular weight is 311 g/mol. The minimum Gasteiger partial charge on any atom is -0.326 e. The van der Waals surface area contributed by atoms with Crippen molar-refractivity contribution in [3.63, 3.8) is 0 Å². The van der Waals surface area contributed by atoms with Gasteiger partial charge in [0.1, 0.15) is 4.90 Å². The van der Waals surface area contributed by atoms with Gasteiger partial charge in [-0.2, -0.15) is 0 Å². The zero-order valence-corrected chi connectivity index (χ0v) is 13.0. The molecule has 0 amide bonds. The Morgan fingerprint density at radius 1 is 1.35 bits per heavy atom. The monoisotopic (exact) mass is 311 g/mol. The third-order valence-electron chi connectivity index (χ3n) is 3.03. The van der Waals surface area contributed by atoms with Gasteiger partial charge in [0.15, 0.2) is 0 Å². The first-order valence-corrected chi connectivity index (χ1v) is 8.48. The minimum atomic E-state index is -3.55. The molecular formula is C13H17N3O2S2. The van der Waals surface area contributed by atoms with Crippen molar-refractivity contribution in [1.82, 2.24) is 9.71 Å². The first-order valence-electron chi connectivity index (χ1n) is 6.12. The maximum Gasteiger partial charge on any atom is 0.242 e. The molecule has 5 nitrogen and oxygen atoms in total. The first kappa shape index (κ1) is 15.1. The molecule has 0 aliphatic heterocycles. The van der Waals surface area contributed by atoms with E-state index in [1.165, 1.54) is 11.3 Å². The van der Waals surface area contributed by atoms with Crippen molar-refractivity contribution in [2.24, 2.45) is 5.73 Å². The number of aryl methyl sites for hydroxylation is 2. The lowest BCUT2D eigenvalue weighted by molar-refractivity contribution is 0.580. The number of aromatic nitrogens is 1. The van der Waals surface area contributed by atoms with Crippen molar-refractivity contribution in [3.05, 3.63) is 45.4 Å². The highest BCUT2D eigenvalue weighted by atomic mass is 32.2. The SMILES string of the molecule is Cc1cnccc1CNS(=O)(=O)c1c(C)csc1CN. The van der Waals surface area contributed by atoms with E-state index in [0.717, 1.165) is 16.7 Å². The Morgan fingerprint density at radius 2 is 2.10 bits per heavy atom.